The second-order valence-electron chi connectivity index (χ2n) is 2.77. The normalized spacial score (nSPS) is 10.4. The van der Waals surface area contributed by atoms with Gasteiger partial charge in [-0.2, -0.15) is 0 Å². The van der Waals surface area contributed by atoms with Crippen molar-refractivity contribution in [2.24, 2.45) is 0 Å². The van der Waals surface area contributed by atoms with E-state index in [1.54, 1.807) is 12.3 Å². The van der Waals surface area contributed by atoms with E-state index in [9.17, 15) is 0 Å². The van der Waals surface area contributed by atoms with E-state index >= 15 is 0 Å². The quantitative estimate of drug-likeness (QED) is 0.708. The van der Waals surface area contributed by atoms with Crippen LogP contribution in [0.3, 0.4) is 0 Å². The second-order valence-corrected chi connectivity index (χ2v) is 3.15. The molecule has 0 aliphatic rings. The average molecular weight is 209 g/mol. The first kappa shape index (κ1) is 9.15. The summed E-state index contributed by atoms with van der Waals surface area (Å²) in [6, 6.07) is 1.71. The van der Waals surface area contributed by atoms with Crippen LogP contribution in [0.1, 0.15) is 12.7 Å². The molecule has 0 atom stereocenters. The molecular weight excluding hydrogens is 200 g/mol. The lowest BCUT2D eigenvalue weighted by Crippen LogP contribution is -2.01. The van der Waals surface area contributed by atoms with Gasteiger partial charge in [0.05, 0.1) is 0 Å². The highest BCUT2D eigenvalue weighted by Crippen LogP contribution is 2.11. The standard InChI is InChI=1S/C9H9ClN4/c1-2-8-11-3-4-14(8)9-5-7(10)12-6-13-9/h3-6H,2H2,1H3. The van der Waals surface area contributed by atoms with Crippen molar-refractivity contribution < 1.29 is 0 Å². The Labute approximate surface area is 86.6 Å². The van der Waals surface area contributed by atoms with Gasteiger partial charge in [0.25, 0.3) is 0 Å². The SMILES string of the molecule is CCc1nccn1-c1cc(Cl)ncn1. The van der Waals surface area contributed by atoms with Gasteiger partial charge in [0.2, 0.25) is 0 Å². The molecule has 2 aromatic rings. The second kappa shape index (κ2) is 3.75. The third-order valence-corrected chi connectivity index (χ3v) is 2.11. The van der Waals surface area contributed by atoms with Gasteiger partial charge in [0, 0.05) is 24.9 Å². The summed E-state index contributed by atoms with van der Waals surface area (Å²) in [5.74, 6) is 1.71. The summed E-state index contributed by atoms with van der Waals surface area (Å²) in [4.78, 5) is 12.1. The summed E-state index contributed by atoms with van der Waals surface area (Å²) in [6.07, 6.45) is 5.90. The fourth-order valence-electron chi connectivity index (χ4n) is 1.26. The Morgan fingerprint density at radius 3 is 2.93 bits per heavy atom. The Morgan fingerprint density at radius 2 is 2.21 bits per heavy atom. The van der Waals surface area contributed by atoms with E-state index in [0.717, 1.165) is 18.1 Å². The van der Waals surface area contributed by atoms with Crippen LogP contribution in [0.5, 0.6) is 0 Å². The zero-order chi connectivity index (χ0) is 9.97. The van der Waals surface area contributed by atoms with Gasteiger partial charge in [0.1, 0.15) is 23.1 Å². The molecule has 0 spiro atoms. The number of halogens is 1. The molecule has 5 heteroatoms. The van der Waals surface area contributed by atoms with Crippen LogP contribution in [0.25, 0.3) is 5.82 Å². The predicted octanol–water partition coefficient (Wildman–Crippen LogP) is 1.88. The molecule has 2 rings (SSSR count). The Morgan fingerprint density at radius 1 is 1.36 bits per heavy atom. The lowest BCUT2D eigenvalue weighted by molar-refractivity contribution is 0.861. The van der Waals surface area contributed by atoms with E-state index in [4.69, 9.17) is 11.6 Å². The number of aryl methyl sites for hydroxylation is 1. The van der Waals surface area contributed by atoms with E-state index < -0.39 is 0 Å². The van der Waals surface area contributed by atoms with Gasteiger partial charge in [-0.05, 0) is 0 Å². The van der Waals surface area contributed by atoms with Gasteiger partial charge in [-0.15, -0.1) is 0 Å². The van der Waals surface area contributed by atoms with E-state index in [1.807, 2.05) is 17.7 Å². The van der Waals surface area contributed by atoms with Gasteiger partial charge >= 0.3 is 0 Å². The van der Waals surface area contributed by atoms with Gasteiger partial charge in [-0.1, -0.05) is 18.5 Å². The van der Waals surface area contributed by atoms with Crippen molar-refractivity contribution in [2.75, 3.05) is 0 Å². The molecule has 0 aliphatic carbocycles. The zero-order valence-corrected chi connectivity index (χ0v) is 8.44. The number of imidazole rings is 1. The van der Waals surface area contributed by atoms with Crippen molar-refractivity contribution in [1.82, 2.24) is 19.5 Å². The highest BCUT2D eigenvalue weighted by Gasteiger charge is 2.04. The van der Waals surface area contributed by atoms with Crippen LogP contribution in [0.2, 0.25) is 5.15 Å². The molecule has 0 aliphatic heterocycles. The smallest absolute Gasteiger partial charge is 0.142 e. The third kappa shape index (κ3) is 1.61. The molecule has 0 saturated heterocycles. The number of nitrogens with zero attached hydrogens (tertiary/aromatic N) is 4. The summed E-state index contributed by atoms with van der Waals surface area (Å²) in [5.41, 5.74) is 0. The molecule has 2 heterocycles. The Bertz CT molecular complexity index is 438. The highest BCUT2D eigenvalue weighted by molar-refractivity contribution is 6.29. The molecule has 0 N–H and O–H groups in total. The molecule has 14 heavy (non-hydrogen) atoms. The summed E-state index contributed by atoms with van der Waals surface area (Å²) in [5, 5.41) is 0.436. The van der Waals surface area contributed by atoms with Crippen LogP contribution >= 0.6 is 11.6 Å². The van der Waals surface area contributed by atoms with Crippen LogP contribution in [0.15, 0.2) is 24.8 Å². The van der Waals surface area contributed by atoms with E-state index in [1.165, 1.54) is 6.33 Å². The molecule has 2 aromatic heterocycles. The van der Waals surface area contributed by atoms with Crippen molar-refractivity contribution in [3.63, 3.8) is 0 Å². The largest absolute Gasteiger partial charge is 0.288 e. The van der Waals surface area contributed by atoms with Crippen molar-refractivity contribution in [1.29, 1.82) is 0 Å². The van der Waals surface area contributed by atoms with Crippen LogP contribution in [0, 0.1) is 0 Å². The molecule has 0 amide bonds. The monoisotopic (exact) mass is 208 g/mol. The Hall–Kier alpha value is -1.42. The number of aromatic nitrogens is 4. The van der Waals surface area contributed by atoms with E-state index in [2.05, 4.69) is 15.0 Å². The molecular formula is C9H9ClN4. The fraction of sp³-hybridized carbons (Fsp3) is 0.222. The summed E-state index contributed by atoms with van der Waals surface area (Å²) in [6.45, 7) is 2.04. The van der Waals surface area contributed by atoms with Crippen LogP contribution in [-0.2, 0) is 6.42 Å². The lowest BCUT2D eigenvalue weighted by Gasteiger charge is -2.04. The van der Waals surface area contributed by atoms with Gasteiger partial charge in [0.15, 0.2) is 0 Å². The van der Waals surface area contributed by atoms with Gasteiger partial charge in [-0.3, -0.25) is 4.57 Å². The van der Waals surface area contributed by atoms with Crippen LogP contribution in [0.4, 0.5) is 0 Å². The number of hydrogen-bond donors (Lipinski definition) is 0. The van der Waals surface area contributed by atoms with Crippen molar-refractivity contribution in [3.05, 3.63) is 35.8 Å². The third-order valence-electron chi connectivity index (χ3n) is 1.90. The van der Waals surface area contributed by atoms with Crippen molar-refractivity contribution >= 4 is 11.6 Å². The maximum absolute atomic E-state index is 5.77. The summed E-state index contributed by atoms with van der Waals surface area (Å²) in [7, 11) is 0. The molecule has 0 aromatic carbocycles. The minimum atomic E-state index is 0.436. The maximum atomic E-state index is 5.77. The molecule has 0 saturated carbocycles. The maximum Gasteiger partial charge on any atom is 0.142 e. The molecule has 4 nitrogen and oxygen atoms in total. The number of rotatable bonds is 2. The minimum absolute atomic E-state index is 0.436. The first-order chi connectivity index (χ1) is 6.81. The van der Waals surface area contributed by atoms with Gasteiger partial charge in [-0.25, -0.2) is 15.0 Å². The topological polar surface area (TPSA) is 43.6 Å². The lowest BCUT2D eigenvalue weighted by atomic mass is 10.4. The summed E-state index contributed by atoms with van der Waals surface area (Å²) >= 11 is 5.77. The highest BCUT2D eigenvalue weighted by atomic mass is 35.5. The average Bonchev–Trinajstić information content (AvgIpc) is 2.65. The number of hydrogen-bond acceptors (Lipinski definition) is 3. The van der Waals surface area contributed by atoms with Crippen molar-refractivity contribution in [2.45, 2.75) is 13.3 Å². The summed E-state index contributed by atoms with van der Waals surface area (Å²) < 4.78 is 1.90. The Kier molecular flexibility index (Phi) is 2.45. The van der Waals surface area contributed by atoms with Crippen LogP contribution < -0.4 is 0 Å². The molecule has 0 unspecified atom stereocenters. The van der Waals surface area contributed by atoms with E-state index in [-0.39, 0.29) is 0 Å². The fourth-order valence-corrected chi connectivity index (χ4v) is 1.40. The predicted molar refractivity (Wildman–Crippen MR) is 53.5 cm³/mol. The van der Waals surface area contributed by atoms with Gasteiger partial charge < -0.3 is 0 Å². The molecule has 0 fully saturated rings. The first-order valence-electron chi connectivity index (χ1n) is 4.31. The van der Waals surface area contributed by atoms with Crippen LogP contribution in [-0.4, -0.2) is 19.5 Å². The zero-order valence-electron chi connectivity index (χ0n) is 7.68. The molecule has 0 radical (unpaired) electrons. The molecule has 72 valence electrons. The molecule has 0 bridgehead atoms. The van der Waals surface area contributed by atoms with Crippen molar-refractivity contribution in [3.8, 4) is 5.82 Å². The first-order valence-corrected chi connectivity index (χ1v) is 4.69. The minimum Gasteiger partial charge on any atom is -0.288 e. The van der Waals surface area contributed by atoms with E-state index in [0.29, 0.717) is 5.15 Å². The Balaban J connectivity index is 2.49.